The third-order valence-electron chi connectivity index (χ3n) is 5.79. The molecule has 6 nitrogen and oxygen atoms in total. The van der Waals surface area contributed by atoms with Crippen molar-refractivity contribution in [2.45, 2.75) is 58.9 Å². The minimum absolute atomic E-state index is 0.0353. The van der Waals surface area contributed by atoms with Gasteiger partial charge in [-0.3, -0.25) is 14.5 Å². The van der Waals surface area contributed by atoms with Gasteiger partial charge in [0.1, 0.15) is 5.75 Å². The molecule has 2 heterocycles. The Morgan fingerprint density at radius 2 is 1.56 bits per heavy atom. The summed E-state index contributed by atoms with van der Waals surface area (Å²) < 4.78 is 10.7. The second kappa shape index (κ2) is 8.54. The molecule has 8 heteroatoms. The van der Waals surface area contributed by atoms with Crippen LogP contribution in [0.4, 0.5) is 4.79 Å². The number of carbonyl (C=O) groups excluding carboxylic acids is 2. The Kier molecular flexibility index (Phi) is 6.15. The molecule has 0 radical (unpaired) electrons. The largest absolute Gasteiger partial charge is 0.507 e. The van der Waals surface area contributed by atoms with Crippen LogP contribution in [0.25, 0.3) is 6.08 Å². The molecular formula is C26H28ClNO5S. The van der Waals surface area contributed by atoms with Crippen LogP contribution in [-0.2, 0) is 22.2 Å². The molecule has 2 aromatic rings. The van der Waals surface area contributed by atoms with Crippen LogP contribution in [0.5, 0.6) is 17.2 Å². The quantitative estimate of drug-likeness (QED) is 0.477. The van der Waals surface area contributed by atoms with Gasteiger partial charge in [-0.25, -0.2) is 0 Å². The summed E-state index contributed by atoms with van der Waals surface area (Å²) in [4.78, 5) is 27.4. The molecule has 180 valence electrons. The number of halogens is 1. The third kappa shape index (κ3) is 4.64. The zero-order chi connectivity index (χ0) is 25.0. The van der Waals surface area contributed by atoms with Gasteiger partial charge in [-0.2, -0.15) is 0 Å². The lowest BCUT2D eigenvalue weighted by molar-refractivity contribution is -0.123. The summed E-state index contributed by atoms with van der Waals surface area (Å²) in [6.07, 6.45) is 1.72. The van der Waals surface area contributed by atoms with Crippen molar-refractivity contribution >= 4 is 40.6 Å². The molecule has 2 aromatic carbocycles. The van der Waals surface area contributed by atoms with Gasteiger partial charge in [0.2, 0.25) is 6.79 Å². The summed E-state index contributed by atoms with van der Waals surface area (Å²) in [5.41, 5.74) is 2.34. The first-order valence-corrected chi connectivity index (χ1v) is 12.2. The number of phenolic OH excluding ortho intramolecular Hbond substituents is 1. The molecule has 0 unspecified atom stereocenters. The number of benzene rings is 2. The first kappa shape index (κ1) is 24.5. The molecule has 0 aliphatic carbocycles. The topological polar surface area (TPSA) is 76.1 Å². The number of nitrogens with zero attached hydrogens (tertiary/aromatic N) is 1. The summed E-state index contributed by atoms with van der Waals surface area (Å²) in [6.45, 7) is 12.3. The minimum atomic E-state index is -0.383. The number of carbonyl (C=O) groups is 2. The van der Waals surface area contributed by atoms with Crippen LogP contribution in [0.15, 0.2) is 29.2 Å². The van der Waals surface area contributed by atoms with E-state index in [1.54, 1.807) is 18.2 Å². The Balaban J connectivity index is 1.68. The number of thioether (sulfide) groups is 1. The van der Waals surface area contributed by atoms with Gasteiger partial charge in [0.05, 0.1) is 11.4 Å². The van der Waals surface area contributed by atoms with E-state index >= 15 is 0 Å². The van der Waals surface area contributed by atoms with Crippen LogP contribution in [0.3, 0.4) is 0 Å². The molecule has 1 saturated heterocycles. The van der Waals surface area contributed by atoms with Crippen LogP contribution >= 0.6 is 23.4 Å². The van der Waals surface area contributed by atoms with Crippen molar-refractivity contribution in [3.05, 3.63) is 56.4 Å². The van der Waals surface area contributed by atoms with Gasteiger partial charge in [-0.15, -0.1) is 0 Å². The lowest BCUT2D eigenvalue weighted by Crippen LogP contribution is -2.27. The molecule has 2 aliphatic heterocycles. The third-order valence-corrected chi connectivity index (χ3v) is 7.05. The number of imide groups is 1. The Bertz CT molecular complexity index is 1190. The van der Waals surface area contributed by atoms with Crippen molar-refractivity contribution in [1.82, 2.24) is 4.90 Å². The minimum Gasteiger partial charge on any atom is -0.507 e. The van der Waals surface area contributed by atoms with E-state index in [0.717, 1.165) is 28.5 Å². The molecule has 2 amide bonds. The van der Waals surface area contributed by atoms with Crippen molar-refractivity contribution in [2.24, 2.45) is 0 Å². The van der Waals surface area contributed by atoms with E-state index in [-0.39, 0.29) is 41.1 Å². The van der Waals surface area contributed by atoms with E-state index in [9.17, 15) is 14.7 Å². The Labute approximate surface area is 208 Å². The zero-order valence-electron chi connectivity index (χ0n) is 20.1. The van der Waals surface area contributed by atoms with Crippen LogP contribution < -0.4 is 9.47 Å². The summed E-state index contributed by atoms with van der Waals surface area (Å²) in [6, 6.07) is 7.09. The highest BCUT2D eigenvalue weighted by Crippen LogP contribution is 2.42. The van der Waals surface area contributed by atoms with Gasteiger partial charge in [0.25, 0.3) is 11.1 Å². The summed E-state index contributed by atoms with van der Waals surface area (Å²) in [5, 5.41) is 11.0. The molecule has 0 atom stereocenters. The number of rotatable bonds is 3. The van der Waals surface area contributed by atoms with E-state index in [1.165, 1.54) is 4.90 Å². The number of hydrogen-bond donors (Lipinski definition) is 1. The average molecular weight is 502 g/mol. The first-order valence-electron chi connectivity index (χ1n) is 11.0. The predicted octanol–water partition coefficient (Wildman–Crippen LogP) is 6.61. The number of fused-ring (bicyclic) bond motifs is 1. The summed E-state index contributed by atoms with van der Waals surface area (Å²) >= 11 is 7.25. The number of amides is 2. The Morgan fingerprint density at radius 3 is 2.12 bits per heavy atom. The summed E-state index contributed by atoms with van der Waals surface area (Å²) in [7, 11) is 0. The van der Waals surface area contributed by atoms with Crippen molar-refractivity contribution in [3.63, 3.8) is 0 Å². The van der Waals surface area contributed by atoms with E-state index in [2.05, 4.69) is 0 Å². The second-order valence-corrected chi connectivity index (χ2v) is 11.9. The number of hydrogen-bond acceptors (Lipinski definition) is 6. The zero-order valence-corrected chi connectivity index (χ0v) is 21.7. The molecule has 0 spiro atoms. The highest BCUT2D eigenvalue weighted by atomic mass is 35.5. The van der Waals surface area contributed by atoms with Gasteiger partial charge < -0.3 is 14.6 Å². The maximum absolute atomic E-state index is 13.2. The predicted molar refractivity (Wildman–Crippen MR) is 135 cm³/mol. The number of aromatic hydroxyl groups is 1. The first-order chi connectivity index (χ1) is 15.8. The van der Waals surface area contributed by atoms with Crippen LogP contribution in [0.1, 0.15) is 63.8 Å². The van der Waals surface area contributed by atoms with Crippen molar-refractivity contribution in [3.8, 4) is 17.2 Å². The van der Waals surface area contributed by atoms with E-state index in [4.69, 9.17) is 21.1 Å². The lowest BCUT2D eigenvalue weighted by atomic mass is 9.78. The molecule has 0 aromatic heterocycles. The molecule has 34 heavy (non-hydrogen) atoms. The number of phenols is 1. The van der Waals surface area contributed by atoms with Gasteiger partial charge in [-0.05, 0) is 58.0 Å². The average Bonchev–Trinajstić information content (AvgIpc) is 3.26. The maximum atomic E-state index is 13.2. The molecule has 0 saturated carbocycles. The Hall–Kier alpha value is -2.64. The standard InChI is InChI=1S/C26H28ClNO5S/c1-25(2,3)16-7-14(8-17(22(16)29)26(4,5)6)9-21-23(30)28(24(31)34-21)12-15-10-19-20(11-18(15)27)33-13-32-19/h7-11,29H,12-13H2,1-6H3/b21-9-. The smallest absolute Gasteiger partial charge is 0.293 e. The molecule has 4 rings (SSSR count). The highest BCUT2D eigenvalue weighted by Gasteiger charge is 2.36. The van der Waals surface area contributed by atoms with Gasteiger partial charge >= 0.3 is 0 Å². The van der Waals surface area contributed by atoms with Crippen LogP contribution in [0, 0.1) is 0 Å². The van der Waals surface area contributed by atoms with E-state index in [0.29, 0.717) is 27.0 Å². The molecule has 0 bridgehead atoms. The van der Waals surface area contributed by atoms with Gasteiger partial charge in [0.15, 0.2) is 11.5 Å². The fourth-order valence-electron chi connectivity index (χ4n) is 3.92. The van der Waals surface area contributed by atoms with Crippen molar-refractivity contribution in [2.75, 3.05) is 6.79 Å². The summed E-state index contributed by atoms with van der Waals surface area (Å²) in [5.74, 6) is 0.962. The monoisotopic (exact) mass is 501 g/mol. The van der Waals surface area contributed by atoms with Crippen molar-refractivity contribution < 1.29 is 24.2 Å². The fraction of sp³-hybridized carbons (Fsp3) is 0.385. The molecular weight excluding hydrogens is 474 g/mol. The van der Waals surface area contributed by atoms with Crippen molar-refractivity contribution in [1.29, 1.82) is 0 Å². The fourth-order valence-corrected chi connectivity index (χ4v) is 4.97. The van der Waals surface area contributed by atoms with Crippen LogP contribution in [-0.4, -0.2) is 27.9 Å². The SMILES string of the molecule is CC(C)(C)c1cc(/C=C2\SC(=O)N(Cc3cc4c(cc3Cl)OCO4)C2=O)cc(C(C)(C)C)c1O. The second-order valence-electron chi connectivity index (χ2n) is 10.5. The van der Waals surface area contributed by atoms with Gasteiger partial charge in [0, 0.05) is 22.2 Å². The normalized spacial score (nSPS) is 17.3. The van der Waals surface area contributed by atoms with Crippen LogP contribution in [0.2, 0.25) is 5.02 Å². The molecule has 2 aliphatic rings. The highest BCUT2D eigenvalue weighted by molar-refractivity contribution is 8.18. The lowest BCUT2D eigenvalue weighted by Gasteiger charge is -2.28. The Morgan fingerprint density at radius 1 is 1.00 bits per heavy atom. The molecule has 1 N–H and O–H groups in total. The van der Waals surface area contributed by atoms with E-state index < -0.39 is 0 Å². The number of ether oxygens (including phenoxy) is 2. The van der Waals surface area contributed by atoms with Gasteiger partial charge in [-0.1, -0.05) is 53.1 Å². The maximum Gasteiger partial charge on any atom is 0.293 e. The van der Waals surface area contributed by atoms with E-state index in [1.807, 2.05) is 53.7 Å². The molecule has 1 fully saturated rings.